The van der Waals surface area contributed by atoms with E-state index < -0.39 is 0 Å². The Hall–Kier alpha value is -1.72. The van der Waals surface area contributed by atoms with Gasteiger partial charge in [-0.05, 0) is 62.5 Å². The van der Waals surface area contributed by atoms with Crippen LogP contribution in [0.2, 0.25) is 0 Å². The maximum absolute atomic E-state index is 5.72. The Morgan fingerprint density at radius 1 is 0.394 bits per heavy atom. The van der Waals surface area contributed by atoms with Crippen molar-refractivity contribution in [3.05, 3.63) is 121 Å². The van der Waals surface area contributed by atoms with Gasteiger partial charge >= 0.3 is 0 Å². The van der Waals surface area contributed by atoms with Gasteiger partial charge in [0.2, 0.25) is 0 Å². The summed E-state index contributed by atoms with van der Waals surface area (Å²) in [7, 11) is -0.552. The van der Waals surface area contributed by atoms with Crippen molar-refractivity contribution < 1.29 is 19.5 Å². The fourth-order valence-electron chi connectivity index (χ4n) is 3.50. The second kappa shape index (κ2) is 16.0. The van der Waals surface area contributed by atoms with Crippen LogP contribution in [0, 0.1) is 0 Å². The third-order valence-electron chi connectivity index (χ3n) is 4.98. The first-order chi connectivity index (χ1) is 15.8. The number of hydrogen-bond donors (Lipinski definition) is 2. The van der Waals surface area contributed by atoms with Gasteiger partial charge in [-0.1, -0.05) is 121 Å². The average molecular weight is 560 g/mol. The zero-order valence-electron chi connectivity index (χ0n) is 18.8. The molecule has 4 aromatic rings. The molecule has 0 aliphatic carbocycles. The molecule has 0 amide bonds. The predicted molar refractivity (Wildman–Crippen MR) is 146 cm³/mol. The zero-order valence-corrected chi connectivity index (χ0v) is 22.3. The molecule has 172 valence electrons. The van der Waals surface area contributed by atoms with Gasteiger partial charge in [-0.25, -0.2) is 0 Å². The fraction of sp³-hybridized carbons (Fsp3) is 0.143. The third kappa shape index (κ3) is 8.86. The number of hydrogen-bond acceptors (Lipinski definition) is 2. The van der Waals surface area contributed by atoms with Crippen molar-refractivity contribution in [1.82, 2.24) is 0 Å². The summed E-state index contributed by atoms with van der Waals surface area (Å²) < 4.78 is 0. The Balaban J connectivity index is 0.000000227. The molecule has 0 bridgehead atoms. The maximum Gasteiger partial charge on any atom is 0 e. The summed E-state index contributed by atoms with van der Waals surface area (Å²) in [4.78, 5) is 0. The van der Waals surface area contributed by atoms with E-state index in [0.717, 1.165) is 25.4 Å². The van der Waals surface area contributed by atoms with Crippen molar-refractivity contribution in [2.24, 2.45) is 11.5 Å². The Morgan fingerprint density at radius 2 is 0.606 bits per heavy atom. The van der Waals surface area contributed by atoms with Crippen LogP contribution in [-0.4, -0.2) is 25.4 Å². The summed E-state index contributed by atoms with van der Waals surface area (Å²) in [6, 6.07) is 42.7. The molecule has 0 saturated carbocycles. The molecular formula is C28H32N2P2Ru. The van der Waals surface area contributed by atoms with Crippen LogP contribution in [0.1, 0.15) is 0 Å². The molecule has 2 nitrogen and oxygen atoms in total. The first-order valence-corrected chi connectivity index (χ1v) is 14.0. The monoisotopic (exact) mass is 560 g/mol. The van der Waals surface area contributed by atoms with E-state index >= 15 is 0 Å². The first-order valence-electron chi connectivity index (χ1n) is 11.0. The van der Waals surface area contributed by atoms with Gasteiger partial charge in [0.25, 0.3) is 0 Å². The Morgan fingerprint density at radius 3 is 0.788 bits per heavy atom. The standard InChI is InChI=1S/2C14H16NP.Ru/c2*15-11-12-16(13-7-3-1-4-8-13)14-9-5-2-6-10-14;/h2*1-10H,11-12,15H2;. The van der Waals surface area contributed by atoms with Crippen LogP contribution in [0.15, 0.2) is 121 Å². The molecule has 5 heteroatoms. The quantitative estimate of drug-likeness (QED) is 0.252. The molecule has 0 aromatic heterocycles. The number of nitrogens with two attached hydrogens (primary N) is 2. The molecule has 0 heterocycles. The van der Waals surface area contributed by atoms with Crippen LogP contribution >= 0.6 is 15.8 Å². The maximum atomic E-state index is 5.72. The fourth-order valence-corrected chi connectivity index (χ4v) is 7.78. The van der Waals surface area contributed by atoms with Crippen LogP contribution in [0.5, 0.6) is 0 Å². The minimum absolute atomic E-state index is 0. The first kappa shape index (κ1) is 27.5. The summed E-state index contributed by atoms with van der Waals surface area (Å²) >= 11 is 0. The largest absolute Gasteiger partial charge is 0.330 e. The van der Waals surface area contributed by atoms with Crippen molar-refractivity contribution in [1.29, 1.82) is 0 Å². The third-order valence-corrected chi connectivity index (χ3v) is 10.1. The molecule has 33 heavy (non-hydrogen) atoms. The van der Waals surface area contributed by atoms with Gasteiger partial charge in [0, 0.05) is 19.5 Å². The molecule has 4 aromatic carbocycles. The van der Waals surface area contributed by atoms with Crippen LogP contribution < -0.4 is 32.7 Å². The van der Waals surface area contributed by atoms with Crippen molar-refractivity contribution in [2.45, 2.75) is 0 Å². The topological polar surface area (TPSA) is 52.0 Å². The van der Waals surface area contributed by atoms with Gasteiger partial charge < -0.3 is 11.5 Å². The van der Waals surface area contributed by atoms with E-state index in [2.05, 4.69) is 121 Å². The molecule has 0 saturated heterocycles. The van der Waals surface area contributed by atoms with Gasteiger partial charge in [-0.2, -0.15) is 0 Å². The summed E-state index contributed by atoms with van der Waals surface area (Å²) in [6.07, 6.45) is 2.12. The van der Waals surface area contributed by atoms with Crippen molar-refractivity contribution in [3.63, 3.8) is 0 Å². The van der Waals surface area contributed by atoms with Crippen LogP contribution in [-0.2, 0) is 19.5 Å². The van der Waals surface area contributed by atoms with Gasteiger partial charge in [-0.3, -0.25) is 0 Å². The van der Waals surface area contributed by atoms with Crippen molar-refractivity contribution >= 4 is 37.1 Å². The summed E-state index contributed by atoms with van der Waals surface area (Å²) in [5.41, 5.74) is 11.4. The Bertz CT molecular complexity index is 839. The number of benzene rings is 4. The minimum Gasteiger partial charge on any atom is -0.330 e. The molecule has 0 radical (unpaired) electrons. The summed E-state index contributed by atoms with van der Waals surface area (Å²) in [5, 5.41) is 5.64. The number of rotatable bonds is 8. The predicted octanol–water partition coefficient (Wildman–Crippen LogP) is 4.15. The van der Waals surface area contributed by atoms with Gasteiger partial charge in [-0.15, -0.1) is 0 Å². The molecule has 0 aliphatic rings. The molecular weight excluding hydrogens is 527 g/mol. The van der Waals surface area contributed by atoms with Gasteiger partial charge in [0.1, 0.15) is 0 Å². The van der Waals surface area contributed by atoms with E-state index in [0.29, 0.717) is 0 Å². The summed E-state index contributed by atoms with van der Waals surface area (Å²) in [6.45, 7) is 1.49. The van der Waals surface area contributed by atoms with E-state index in [9.17, 15) is 0 Å². The zero-order chi connectivity index (χ0) is 22.4. The van der Waals surface area contributed by atoms with Crippen LogP contribution in [0.25, 0.3) is 0 Å². The SMILES string of the molecule is NCCP(c1ccccc1)c1ccccc1.NCCP(c1ccccc1)c1ccccc1.[Ru]. The second-order valence-corrected chi connectivity index (χ2v) is 11.9. The molecule has 0 atom stereocenters. The average Bonchev–Trinajstić information content (AvgIpc) is 2.88. The van der Waals surface area contributed by atoms with Crippen LogP contribution in [0.4, 0.5) is 0 Å². The Kier molecular flexibility index (Phi) is 13.3. The normalized spacial score (nSPS) is 10.3. The Labute approximate surface area is 214 Å². The van der Waals surface area contributed by atoms with E-state index in [4.69, 9.17) is 11.5 Å². The van der Waals surface area contributed by atoms with E-state index in [1.165, 1.54) is 21.2 Å². The van der Waals surface area contributed by atoms with Gasteiger partial charge in [0.15, 0.2) is 0 Å². The van der Waals surface area contributed by atoms with E-state index in [1.807, 2.05) is 0 Å². The molecule has 0 spiro atoms. The molecule has 0 fully saturated rings. The van der Waals surface area contributed by atoms with Gasteiger partial charge in [0.05, 0.1) is 0 Å². The van der Waals surface area contributed by atoms with Crippen LogP contribution in [0.3, 0.4) is 0 Å². The smallest absolute Gasteiger partial charge is 0 e. The molecule has 0 aliphatic heterocycles. The van der Waals surface area contributed by atoms with E-state index in [1.54, 1.807) is 0 Å². The van der Waals surface area contributed by atoms with Crippen molar-refractivity contribution in [3.8, 4) is 0 Å². The molecule has 0 unspecified atom stereocenters. The molecule has 4 N–H and O–H groups in total. The minimum atomic E-state index is -0.276. The second-order valence-electron chi connectivity index (χ2n) is 7.22. The molecule has 4 rings (SSSR count). The summed E-state index contributed by atoms with van der Waals surface area (Å²) in [5.74, 6) is 0. The van der Waals surface area contributed by atoms with Crippen molar-refractivity contribution in [2.75, 3.05) is 25.4 Å². The van der Waals surface area contributed by atoms with E-state index in [-0.39, 0.29) is 35.3 Å².